The highest BCUT2D eigenvalue weighted by Gasteiger charge is 2.15. The lowest BCUT2D eigenvalue weighted by Crippen LogP contribution is -1.89. The molecule has 0 saturated carbocycles. The van der Waals surface area contributed by atoms with E-state index in [1.807, 2.05) is 18.3 Å². The van der Waals surface area contributed by atoms with Crippen LogP contribution >= 0.6 is 0 Å². The summed E-state index contributed by atoms with van der Waals surface area (Å²) in [4.78, 5) is 4.79. The molecule has 0 aliphatic heterocycles. The van der Waals surface area contributed by atoms with E-state index in [4.69, 9.17) is 9.40 Å². The van der Waals surface area contributed by atoms with Crippen LogP contribution in [-0.2, 0) is 0 Å². The van der Waals surface area contributed by atoms with Crippen LogP contribution in [0.3, 0.4) is 0 Å². The standard InChI is InChI=1S/C37H23NO/c1-2-8-24(9-3-1)27-17-19-34-32(22-27)33-23-28(18-20-35(33)39-34)29-12-4-5-13-30(29)31-14-6-10-25-15-16-26-11-7-21-38-37(26)36(25)31/h1-23H. The molecule has 2 heterocycles. The van der Waals surface area contributed by atoms with Gasteiger partial charge in [-0.25, -0.2) is 0 Å². The molecule has 2 nitrogen and oxygen atoms in total. The van der Waals surface area contributed by atoms with Crippen molar-refractivity contribution in [2.24, 2.45) is 0 Å². The van der Waals surface area contributed by atoms with E-state index >= 15 is 0 Å². The molecule has 8 rings (SSSR count). The summed E-state index contributed by atoms with van der Waals surface area (Å²) in [5, 5.41) is 5.78. The summed E-state index contributed by atoms with van der Waals surface area (Å²) < 4.78 is 6.25. The van der Waals surface area contributed by atoms with Crippen LogP contribution in [0.4, 0.5) is 0 Å². The average Bonchev–Trinajstić information content (AvgIpc) is 3.38. The minimum absolute atomic E-state index is 0.900. The van der Waals surface area contributed by atoms with Gasteiger partial charge >= 0.3 is 0 Å². The van der Waals surface area contributed by atoms with E-state index in [0.29, 0.717) is 0 Å². The highest BCUT2D eigenvalue weighted by molar-refractivity contribution is 6.14. The molecule has 0 saturated heterocycles. The maximum absolute atomic E-state index is 6.25. The maximum Gasteiger partial charge on any atom is 0.135 e. The molecule has 0 aliphatic carbocycles. The molecule has 0 atom stereocenters. The van der Waals surface area contributed by atoms with Crippen LogP contribution in [-0.4, -0.2) is 4.98 Å². The van der Waals surface area contributed by atoms with Gasteiger partial charge in [0, 0.05) is 27.7 Å². The molecular weight excluding hydrogens is 474 g/mol. The topological polar surface area (TPSA) is 26.0 Å². The predicted molar refractivity (Wildman–Crippen MR) is 163 cm³/mol. The van der Waals surface area contributed by atoms with E-state index in [9.17, 15) is 0 Å². The highest BCUT2D eigenvalue weighted by Crippen LogP contribution is 2.40. The second-order valence-electron chi connectivity index (χ2n) is 9.98. The SMILES string of the molecule is c1ccc(-c2ccc3oc4ccc(-c5ccccc5-c5cccc6ccc7cccnc7c56)cc4c3c2)cc1. The van der Waals surface area contributed by atoms with Gasteiger partial charge in [0.2, 0.25) is 0 Å². The maximum atomic E-state index is 6.25. The summed E-state index contributed by atoms with van der Waals surface area (Å²) in [5.74, 6) is 0. The van der Waals surface area contributed by atoms with Gasteiger partial charge in [0.15, 0.2) is 0 Å². The van der Waals surface area contributed by atoms with Crippen molar-refractivity contribution in [2.75, 3.05) is 0 Å². The molecule has 8 aromatic rings. The minimum Gasteiger partial charge on any atom is -0.456 e. The molecule has 6 aromatic carbocycles. The zero-order chi connectivity index (χ0) is 25.8. The molecule has 39 heavy (non-hydrogen) atoms. The van der Waals surface area contributed by atoms with E-state index in [-0.39, 0.29) is 0 Å². The molecule has 0 spiro atoms. The van der Waals surface area contributed by atoms with Crippen LogP contribution in [0.25, 0.3) is 77.0 Å². The Balaban J connectivity index is 1.35. The van der Waals surface area contributed by atoms with Crippen molar-refractivity contribution in [3.63, 3.8) is 0 Å². The normalized spacial score (nSPS) is 11.6. The van der Waals surface area contributed by atoms with Crippen LogP contribution in [0.5, 0.6) is 0 Å². The summed E-state index contributed by atoms with van der Waals surface area (Å²) in [7, 11) is 0. The Morgan fingerprint density at radius 3 is 1.95 bits per heavy atom. The van der Waals surface area contributed by atoms with Gasteiger partial charge < -0.3 is 4.42 Å². The average molecular weight is 498 g/mol. The quantitative estimate of drug-likeness (QED) is 0.227. The Hall–Kier alpha value is -5.21. The fraction of sp³-hybridized carbons (Fsp3) is 0. The number of pyridine rings is 1. The van der Waals surface area contributed by atoms with E-state index < -0.39 is 0 Å². The molecule has 0 N–H and O–H groups in total. The Morgan fingerprint density at radius 2 is 1.10 bits per heavy atom. The van der Waals surface area contributed by atoms with Gasteiger partial charge in [0.25, 0.3) is 0 Å². The molecule has 182 valence electrons. The number of aromatic nitrogens is 1. The molecule has 0 aliphatic rings. The molecule has 0 amide bonds. The minimum atomic E-state index is 0.900. The molecule has 2 heteroatoms. The number of hydrogen-bond donors (Lipinski definition) is 0. The number of benzene rings is 6. The van der Waals surface area contributed by atoms with E-state index in [2.05, 4.69) is 121 Å². The van der Waals surface area contributed by atoms with Gasteiger partial charge in [-0.2, -0.15) is 0 Å². The molecular formula is C37H23NO. The van der Waals surface area contributed by atoms with E-state index in [0.717, 1.165) is 38.4 Å². The Morgan fingerprint density at radius 1 is 0.436 bits per heavy atom. The largest absolute Gasteiger partial charge is 0.456 e. The monoisotopic (exact) mass is 497 g/mol. The van der Waals surface area contributed by atoms with Crippen molar-refractivity contribution in [1.82, 2.24) is 4.98 Å². The van der Waals surface area contributed by atoms with Gasteiger partial charge in [0.05, 0.1) is 5.52 Å². The number of furan rings is 1. The third-order valence-electron chi connectivity index (χ3n) is 7.72. The second-order valence-corrected chi connectivity index (χ2v) is 9.98. The smallest absolute Gasteiger partial charge is 0.135 e. The van der Waals surface area contributed by atoms with Crippen LogP contribution < -0.4 is 0 Å². The fourth-order valence-electron chi connectivity index (χ4n) is 5.86. The van der Waals surface area contributed by atoms with Crippen molar-refractivity contribution in [1.29, 1.82) is 0 Å². The third kappa shape index (κ3) is 3.53. The number of hydrogen-bond acceptors (Lipinski definition) is 2. The van der Waals surface area contributed by atoms with Crippen LogP contribution in [0.1, 0.15) is 0 Å². The number of nitrogens with zero attached hydrogens (tertiary/aromatic N) is 1. The van der Waals surface area contributed by atoms with Gasteiger partial charge in [0.1, 0.15) is 11.2 Å². The van der Waals surface area contributed by atoms with Crippen molar-refractivity contribution >= 4 is 43.6 Å². The third-order valence-corrected chi connectivity index (χ3v) is 7.72. The first-order valence-corrected chi connectivity index (χ1v) is 13.2. The number of fused-ring (bicyclic) bond motifs is 6. The lowest BCUT2D eigenvalue weighted by atomic mass is 9.90. The van der Waals surface area contributed by atoms with Gasteiger partial charge in [-0.3, -0.25) is 4.98 Å². The van der Waals surface area contributed by atoms with Crippen molar-refractivity contribution in [2.45, 2.75) is 0 Å². The highest BCUT2D eigenvalue weighted by atomic mass is 16.3. The Labute approximate surface area is 225 Å². The predicted octanol–water partition coefficient (Wildman–Crippen LogP) is 10.3. The molecule has 0 unspecified atom stereocenters. The first-order valence-electron chi connectivity index (χ1n) is 13.2. The summed E-state index contributed by atoms with van der Waals surface area (Å²) >= 11 is 0. The zero-order valence-corrected chi connectivity index (χ0v) is 21.1. The van der Waals surface area contributed by atoms with E-state index in [1.165, 1.54) is 38.6 Å². The lowest BCUT2D eigenvalue weighted by Gasteiger charge is -2.14. The first-order chi connectivity index (χ1) is 19.3. The van der Waals surface area contributed by atoms with Crippen molar-refractivity contribution < 1.29 is 4.42 Å². The zero-order valence-electron chi connectivity index (χ0n) is 21.1. The lowest BCUT2D eigenvalue weighted by molar-refractivity contribution is 0.669. The molecule has 0 bridgehead atoms. The van der Waals surface area contributed by atoms with Crippen LogP contribution in [0.2, 0.25) is 0 Å². The summed E-state index contributed by atoms with van der Waals surface area (Å²) in [6.07, 6.45) is 1.88. The first kappa shape index (κ1) is 21.8. The number of rotatable bonds is 3. The molecule has 2 aromatic heterocycles. The summed E-state index contributed by atoms with van der Waals surface area (Å²) in [5.41, 5.74) is 9.96. The van der Waals surface area contributed by atoms with E-state index in [1.54, 1.807) is 0 Å². The Kier molecular flexibility index (Phi) is 4.86. The fourth-order valence-corrected chi connectivity index (χ4v) is 5.86. The van der Waals surface area contributed by atoms with Crippen molar-refractivity contribution in [3.05, 3.63) is 140 Å². The van der Waals surface area contributed by atoms with Crippen LogP contribution in [0, 0.1) is 0 Å². The summed E-state index contributed by atoms with van der Waals surface area (Å²) in [6, 6.07) is 47.2. The molecule has 0 radical (unpaired) electrons. The molecule has 0 fully saturated rings. The van der Waals surface area contributed by atoms with Gasteiger partial charge in [-0.15, -0.1) is 0 Å². The van der Waals surface area contributed by atoms with Crippen LogP contribution in [0.15, 0.2) is 144 Å². The second kappa shape index (κ2) is 8.68. The Bertz CT molecular complexity index is 2170. The summed E-state index contributed by atoms with van der Waals surface area (Å²) in [6.45, 7) is 0. The van der Waals surface area contributed by atoms with Crippen molar-refractivity contribution in [3.8, 4) is 33.4 Å². The van der Waals surface area contributed by atoms with Gasteiger partial charge in [-0.05, 0) is 69.1 Å². The van der Waals surface area contributed by atoms with Gasteiger partial charge in [-0.1, -0.05) is 103 Å².